The summed E-state index contributed by atoms with van der Waals surface area (Å²) >= 11 is 6.16. The first-order valence-corrected chi connectivity index (χ1v) is 10.8. The number of ether oxygens (including phenoxy) is 2. The standard InChI is InChI=1S/C24H18ClN3O8/c1-34-23(30)20-10-9-16(36-20)12-27-22(29)18(26-24(27)31)11-14-6-4-8-19(28(32)33)21(14)35-13-15-5-2-3-7-17(15)25/h2-11H,12-13H2,1H3,(H,26,31)/b18-11-. The second-order valence-electron chi connectivity index (χ2n) is 7.47. The monoisotopic (exact) mass is 511 g/mol. The third-order valence-corrected chi connectivity index (χ3v) is 5.54. The molecule has 1 saturated heterocycles. The van der Waals surface area contributed by atoms with E-state index in [9.17, 15) is 24.5 Å². The Morgan fingerprint density at radius 2 is 1.94 bits per heavy atom. The summed E-state index contributed by atoms with van der Waals surface area (Å²) in [6.07, 6.45) is 1.29. The fourth-order valence-corrected chi connectivity index (χ4v) is 3.61. The first-order valence-electron chi connectivity index (χ1n) is 10.4. The molecule has 0 aliphatic carbocycles. The average molecular weight is 512 g/mol. The van der Waals surface area contributed by atoms with Crippen LogP contribution in [0.2, 0.25) is 5.02 Å². The molecule has 4 rings (SSSR count). The SMILES string of the molecule is COC(=O)c1ccc(CN2C(=O)N/C(=C\c3cccc([N+](=O)[O-])c3OCc3ccccc3Cl)C2=O)o1. The number of carbonyl (C=O) groups is 3. The van der Waals surface area contributed by atoms with Gasteiger partial charge in [0.2, 0.25) is 11.5 Å². The van der Waals surface area contributed by atoms with Crippen molar-refractivity contribution >= 4 is 41.3 Å². The van der Waals surface area contributed by atoms with Crippen LogP contribution in [0.25, 0.3) is 6.08 Å². The molecule has 184 valence electrons. The van der Waals surface area contributed by atoms with E-state index in [1.165, 1.54) is 43.5 Å². The molecule has 0 unspecified atom stereocenters. The highest BCUT2D eigenvalue weighted by Gasteiger charge is 2.35. The molecular weight excluding hydrogens is 494 g/mol. The van der Waals surface area contributed by atoms with Gasteiger partial charge < -0.3 is 19.2 Å². The number of imide groups is 1. The van der Waals surface area contributed by atoms with Gasteiger partial charge in [-0.1, -0.05) is 41.9 Å². The molecule has 1 aromatic heterocycles. The quantitative estimate of drug-likeness (QED) is 0.155. The summed E-state index contributed by atoms with van der Waals surface area (Å²) < 4.78 is 15.6. The summed E-state index contributed by atoms with van der Waals surface area (Å²) in [6, 6.07) is 13.2. The van der Waals surface area contributed by atoms with Crippen LogP contribution in [-0.4, -0.2) is 34.8 Å². The van der Waals surface area contributed by atoms with E-state index in [1.54, 1.807) is 24.3 Å². The summed E-state index contributed by atoms with van der Waals surface area (Å²) in [4.78, 5) is 48.8. The number of nitro groups is 1. The summed E-state index contributed by atoms with van der Waals surface area (Å²) in [6.45, 7) is -0.308. The number of methoxy groups -OCH3 is 1. The number of furan rings is 1. The molecule has 0 radical (unpaired) electrons. The van der Waals surface area contributed by atoms with E-state index in [0.29, 0.717) is 10.6 Å². The van der Waals surface area contributed by atoms with Crippen molar-refractivity contribution in [3.63, 3.8) is 0 Å². The Kier molecular flexibility index (Phi) is 7.02. The molecule has 3 aromatic rings. The van der Waals surface area contributed by atoms with E-state index in [-0.39, 0.29) is 47.4 Å². The van der Waals surface area contributed by atoms with E-state index in [0.717, 1.165) is 4.90 Å². The molecule has 11 nitrogen and oxygen atoms in total. The fraction of sp³-hybridized carbons (Fsp3) is 0.125. The lowest BCUT2D eigenvalue weighted by Gasteiger charge is -2.11. The van der Waals surface area contributed by atoms with Crippen molar-refractivity contribution in [3.05, 3.63) is 98.1 Å². The maximum Gasteiger partial charge on any atom is 0.373 e. The molecule has 36 heavy (non-hydrogen) atoms. The molecule has 2 aromatic carbocycles. The Morgan fingerprint density at radius 3 is 2.67 bits per heavy atom. The highest BCUT2D eigenvalue weighted by atomic mass is 35.5. The summed E-state index contributed by atoms with van der Waals surface area (Å²) in [7, 11) is 1.19. The van der Waals surface area contributed by atoms with Gasteiger partial charge in [-0.2, -0.15) is 0 Å². The zero-order valence-corrected chi connectivity index (χ0v) is 19.5. The Labute approximate surface area is 209 Å². The van der Waals surface area contributed by atoms with Crippen molar-refractivity contribution in [2.24, 2.45) is 0 Å². The zero-order valence-electron chi connectivity index (χ0n) is 18.7. The summed E-state index contributed by atoms with van der Waals surface area (Å²) in [5.74, 6) is -1.38. The second kappa shape index (κ2) is 10.3. The summed E-state index contributed by atoms with van der Waals surface area (Å²) in [5, 5.41) is 14.5. The number of hydrogen-bond acceptors (Lipinski definition) is 8. The second-order valence-corrected chi connectivity index (χ2v) is 7.88. The van der Waals surface area contributed by atoms with Crippen LogP contribution in [0.4, 0.5) is 10.5 Å². The molecule has 0 saturated carbocycles. The van der Waals surface area contributed by atoms with Crippen molar-refractivity contribution in [3.8, 4) is 5.75 Å². The molecule has 2 heterocycles. The number of esters is 1. The van der Waals surface area contributed by atoms with Crippen molar-refractivity contribution in [2.45, 2.75) is 13.2 Å². The molecule has 1 N–H and O–H groups in total. The minimum Gasteiger partial charge on any atom is -0.481 e. The van der Waals surface area contributed by atoms with Gasteiger partial charge >= 0.3 is 17.7 Å². The smallest absolute Gasteiger partial charge is 0.373 e. The highest BCUT2D eigenvalue weighted by Crippen LogP contribution is 2.34. The van der Waals surface area contributed by atoms with E-state index in [4.69, 9.17) is 20.8 Å². The predicted octanol–water partition coefficient (Wildman–Crippen LogP) is 4.30. The van der Waals surface area contributed by atoms with Crippen LogP contribution in [0.15, 0.2) is 64.7 Å². The molecule has 1 aliphatic heterocycles. The maximum atomic E-state index is 12.9. The molecule has 0 atom stereocenters. The van der Waals surface area contributed by atoms with Crippen molar-refractivity contribution in [2.75, 3.05) is 7.11 Å². The number of nitrogens with zero attached hydrogens (tertiary/aromatic N) is 2. The van der Waals surface area contributed by atoms with Gasteiger partial charge in [0, 0.05) is 22.2 Å². The van der Waals surface area contributed by atoms with E-state index in [2.05, 4.69) is 10.1 Å². The number of para-hydroxylation sites is 1. The lowest BCUT2D eigenvalue weighted by Crippen LogP contribution is -2.30. The van der Waals surface area contributed by atoms with Crippen LogP contribution >= 0.6 is 11.6 Å². The number of rotatable bonds is 8. The fourth-order valence-electron chi connectivity index (χ4n) is 3.42. The van der Waals surface area contributed by atoms with Crippen LogP contribution in [-0.2, 0) is 22.7 Å². The van der Waals surface area contributed by atoms with Gasteiger partial charge in [-0.3, -0.25) is 19.8 Å². The number of halogens is 1. The summed E-state index contributed by atoms with van der Waals surface area (Å²) in [5.41, 5.74) is 0.364. The van der Waals surface area contributed by atoms with Gasteiger partial charge in [-0.25, -0.2) is 9.59 Å². The number of carbonyl (C=O) groups excluding carboxylic acids is 3. The molecule has 1 fully saturated rings. The number of urea groups is 1. The van der Waals surface area contributed by atoms with Crippen LogP contribution in [0.5, 0.6) is 5.75 Å². The van der Waals surface area contributed by atoms with Gasteiger partial charge in [0.05, 0.1) is 18.6 Å². The molecule has 12 heteroatoms. The van der Waals surface area contributed by atoms with Crippen molar-refractivity contribution in [1.82, 2.24) is 10.2 Å². The van der Waals surface area contributed by atoms with E-state index >= 15 is 0 Å². The molecule has 1 aliphatic rings. The normalized spacial score (nSPS) is 14.2. The van der Waals surface area contributed by atoms with Gasteiger partial charge in [0.25, 0.3) is 5.91 Å². The molecule has 3 amide bonds. The maximum absolute atomic E-state index is 12.9. The lowest BCUT2D eigenvalue weighted by molar-refractivity contribution is -0.386. The van der Waals surface area contributed by atoms with Gasteiger partial charge in [-0.05, 0) is 24.3 Å². The zero-order chi connectivity index (χ0) is 25.8. The van der Waals surface area contributed by atoms with Crippen LogP contribution in [0.1, 0.15) is 27.4 Å². The lowest BCUT2D eigenvalue weighted by atomic mass is 10.1. The largest absolute Gasteiger partial charge is 0.481 e. The third-order valence-electron chi connectivity index (χ3n) is 5.18. The first-order chi connectivity index (χ1) is 17.3. The predicted molar refractivity (Wildman–Crippen MR) is 126 cm³/mol. The van der Waals surface area contributed by atoms with E-state index < -0.39 is 22.8 Å². The van der Waals surface area contributed by atoms with Crippen LogP contribution < -0.4 is 10.1 Å². The van der Waals surface area contributed by atoms with Crippen molar-refractivity contribution < 1.29 is 33.2 Å². The number of amides is 3. The molecule has 0 bridgehead atoms. The Bertz CT molecular complexity index is 1400. The highest BCUT2D eigenvalue weighted by molar-refractivity contribution is 6.31. The molecule has 0 spiro atoms. The topological polar surface area (TPSA) is 141 Å². The molecular formula is C24H18ClN3O8. The average Bonchev–Trinajstić information content (AvgIpc) is 3.44. The number of nitro benzene ring substituents is 1. The Morgan fingerprint density at radius 1 is 1.17 bits per heavy atom. The van der Waals surface area contributed by atoms with Gasteiger partial charge in [-0.15, -0.1) is 0 Å². The van der Waals surface area contributed by atoms with Gasteiger partial charge in [0.15, 0.2) is 0 Å². The third kappa shape index (κ3) is 5.05. The van der Waals surface area contributed by atoms with Crippen LogP contribution in [0.3, 0.4) is 0 Å². The van der Waals surface area contributed by atoms with Gasteiger partial charge in [0.1, 0.15) is 18.1 Å². The Balaban J connectivity index is 1.60. The Hall–Kier alpha value is -4.64. The van der Waals surface area contributed by atoms with E-state index in [1.807, 2.05) is 0 Å². The minimum atomic E-state index is -0.730. The number of benzene rings is 2. The minimum absolute atomic E-state index is 0.0614. The first kappa shape index (κ1) is 24.5. The van der Waals surface area contributed by atoms with Crippen molar-refractivity contribution in [1.29, 1.82) is 0 Å². The van der Waals surface area contributed by atoms with Crippen LogP contribution in [0, 0.1) is 10.1 Å². The number of nitrogens with one attached hydrogen (secondary N) is 1. The number of hydrogen-bond donors (Lipinski definition) is 1.